The first-order chi connectivity index (χ1) is 7.41. The van der Waals surface area contributed by atoms with Crippen LogP contribution in [0.3, 0.4) is 0 Å². The van der Waals surface area contributed by atoms with E-state index in [-0.39, 0.29) is 5.52 Å². The highest BCUT2D eigenvalue weighted by molar-refractivity contribution is 5.93. The van der Waals surface area contributed by atoms with E-state index in [1.807, 2.05) is 0 Å². The van der Waals surface area contributed by atoms with Gasteiger partial charge in [-0.2, -0.15) is 18.3 Å². The summed E-state index contributed by atoms with van der Waals surface area (Å²) < 4.78 is 38.0. The van der Waals surface area contributed by atoms with Crippen molar-refractivity contribution in [3.05, 3.63) is 23.9 Å². The molecular formula is C10H10F3N3. The predicted molar refractivity (Wildman–Crippen MR) is 55.4 cm³/mol. The van der Waals surface area contributed by atoms with Crippen LogP contribution in [0.25, 0.3) is 10.9 Å². The van der Waals surface area contributed by atoms with Gasteiger partial charge < -0.3 is 4.90 Å². The van der Waals surface area contributed by atoms with E-state index in [1.54, 1.807) is 19.0 Å². The summed E-state index contributed by atoms with van der Waals surface area (Å²) in [5.41, 5.74) is 0.0426. The number of aromatic amines is 1. The summed E-state index contributed by atoms with van der Waals surface area (Å²) in [6.45, 7) is 0. The van der Waals surface area contributed by atoms with Gasteiger partial charge in [0.2, 0.25) is 0 Å². The minimum atomic E-state index is -4.37. The number of hydrogen-bond donors (Lipinski definition) is 1. The molecule has 2 aromatic rings. The van der Waals surface area contributed by atoms with Gasteiger partial charge in [-0.3, -0.25) is 5.10 Å². The van der Waals surface area contributed by atoms with Crippen molar-refractivity contribution in [3.63, 3.8) is 0 Å². The van der Waals surface area contributed by atoms with Crippen molar-refractivity contribution >= 4 is 16.6 Å². The number of benzene rings is 1. The summed E-state index contributed by atoms with van der Waals surface area (Å²) in [6.07, 6.45) is -2.96. The van der Waals surface area contributed by atoms with E-state index in [0.717, 1.165) is 6.07 Å². The second-order valence-electron chi connectivity index (χ2n) is 3.68. The Balaban J connectivity index is 2.74. The molecule has 0 unspecified atom stereocenters. The van der Waals surface area contributed by atoms with Crippen molar-refractivity contribution in [3.8, 4) is 0 Å². The third kappa shape index (κ3) is 1.60. The first-order valence-electron chi connectivity index (χ1n) is 4.62. The molecule has 1 N–H and O–H groups in total. The van der Waals surface area contributed by atoms with Crippen molar-refractivity contribution in [2.45, 2.75) is 6.18 Å². The number of aromatic nitrogens is 2. The smallest absolute Gasteiger partial charge is 0.377 e. The lowest BCUT2D eigenvalue weighted by atomic mass is 10.1. The van der Waals surface area contributed by atoms with Gasteiger partial charge in [-0.05, 0) is 12.1 Å². The van der Waals surface area contributed by atoms with Crippen LogP contribution in [-0.2, 0) is 6.18 Å². The molecule has 1 aromatic carbocycles. The molecule has 86 valence electrons. The Morgan fingerprint density at radius 1 is 1.25 bits per heavy atom. The molecule has 0 radical (unpaired) electrons. The zero-order valence-electron chi connectivity index (χ0n) is 8.76. The molecule has 6 heteroatoms. The molecule has 3 nitrogen and oxygen atoms in total. The minimum Gasteiger partial charge on any atom is -0.377 e. The third-order valence-electron chi connectivity index (χ3n) is 2.38. The van der Waals surface area contributed by atoms with Crippen LogP contribution >= 0.6 is 0 Å². The van der Waals surface area contributed by atoms with Gasteiger partial charge in [0.25, 0.3) is 0 Å². The van der Waals surface area contributed by atoms with E-state index < -0.39 is 11.7 Å². The van der Waals surface area contributed by atoms with Gasteiger partial charge in [0.05, 0.1) is 17.3 Å². The van der Waals surface area contributed by atoms with Crippen molar-refractivity contribution in [1.82, 2.24) is 10.2 Å². The van der Waals surface area contributed by atoms with Gasteiger partial charge in [0.1, 0.15) is 0 Å². The summed E-state index contributed by atoms with van der Waals surface area (Å²) >= 11 is 0. The number of nitrogens with one attached hydrogen (secondary N) is 1. The molecule has 0 amide bonds. The van der Waals surface area contributed by atoms with Crippen LogP contribution in [0.4, 0.5) is 18.9 Å². The largest absolute Gasteiger partial charge is 0.418 e. The fourth-order valence-electron chi connectivity index (χ4n) is 1.65. The molecule has 0 aliphatic carbocycles. The standard InChI is InChI=1S/C10H10F3N3/c1-16(2)8-4-3-7(10(11,12)13)9-6(8)5-14-15-9/h3-5H,1-2H3,(H,14,15). The maximum atomic E-state index is 12.7. The average molecular weight is 229 g/mol. The maximum absolute atomic E-state index is 12.7. The summed E-state index contributed by atoms with van der Waals surface area (Å²) in [6, 6.07) is 2.51. The lowest BCUT2D eigenvalue weighted by Gasteiger charge is -2.15. The van der Waals surface area contributed by atoms with Gasteiger partial charge in [-0.1, -0.05) is 0 Å². The number of rotatable bonds is 1. The zero-order chi connectivity index (χ0) is 11.9. The molecule has 1 aromatic heterocycles. The highest BCUT2D eigenvalue weighted by Gasteiger charge is 2.33. The summed E-state index contributed by atoms with van der Waals surface area (Å²) in [4.78, 5) is 1.75. The fourth-order valence-corrected chi connectivity index (χ4v) is 1.65. The Hall–Kier alpha value is -1.72. The van der Waals surface area contributed by atoms with Crippen molar-refractivity contribution in [2.75, 3.05) is 19.0 Å². The Morgan fingerprint density at radius 3 is 2.50 bits per heavy atom. The number of fused-ring (bicyclic) bond motifs is 1. The lowest BCUT2D eigenvalue weighted by molar-refractivity contribution is -0.136. The number of hydrogen-bond acceptors (Lipinski definition) is 2. The van der Waals surface area contributed by atoms with Crippen LogP contribution < -0.4 is 4.90 Å². The van der Waals surface area contributed by atoms with Crippen molar-refractivity contribution in [1.29, 1.82) is 0 Å². The average Bonchev–Trinajstić information content (AvgIpc) is 2.61. The van der Waals surface area contributed by atoms with Gasteiger partial charge in [0, 0.05) is 25.2 Å². The predicted octanol–water partition coefficient (Wildman–Crippen LogP) is 2.65. The van der Waals surface area contributed by atoms with Crippen LogP contribution in [0.5, 0.6) is 0 Å². The second kappa shape index (κ2) is 3.40. The second-order valence-corrected chi connectivity index (χ2v) is 3.68. The normalized spacial score (nSPS) is 12.1. The molecule has 0 aliphatic rings. The van der Waals surface area contributed by atoms with E-state index in [4.69, 9.17) is 0 Å². The van der Waals surface area contributed by atoms with Crippen molar-refractivity contribution in [2.24, 2.45) is 0 Å². The number of nitrogens with zero attached hydrogens (tertiary/aromatic N) is 2. The Labute approximate surface area is 89.9 Å². The van der Waals surface area contributed by atoms with Crippen LogP contribution in [0.1, 0.15) is 5.56 Å². The molecule has 0 saturated carbocycles. The van der Waals surface area contributed by atoms with Gasteiger partial charge in [-0.15, -0.1) is 0 Å². The highest BCUT2D eigenvalue weighted by Crippen LogP contribution is 2.36. The molecule has 0 aliphatic heterocycles. The summed E-state index contributed by atoms with van der Waals surface area (Å²) in [5, 5.41) is 6.53. The Morgan fingerprint density at radius 2 is 1.94 bits per heavy atom. The van der Waals surface area contributed by atoms with E-state index in [1.165, 1.54) is 12.3 Å². The topological polar surface area (TPSA) is 31.9 Å². The van der Waals surface area contributed by atoms with Gasteiger partial charge in [0.15, 0.2) is 0 Å². The fraction of sp³-hybridized carbons (Fsp3) is 0.300. The highest BCUT2D eigenvalue weighted by atomic mass is 19.4. The first-order valence-corrected chi connectivity index (χ1v) is 4.62. The molecular weight excluding hydrogens is 219 g/mol. The maximum Gasteiger partial charge on any atom is 0.418 e. The number of H-pyrrole nitrogens is 1. The molecule has 0 atom stereocenters. The number of anilines is 1. The monoisotopic (exact) mass is 229 g/mol. The summed E-state index contributed by atoms with van der Waals surface area (Å²) in [5.74, 6) is 0. The van der Waals surface area contributed by atoms with E-state index >= 15 is 0 Å². The Kier molecular flexibility index (Phi) is 2.29. The van der Waals surface area contributed by atoms with Gasteiger partial charge in [-0.25, -0.2) is 0 Å². The quantitative estimate of drug-likeness (QED) is 0.815. The first kappa shape index (κ1) is 10.8. The van der Waals surface area contributed by atoms with Crippen LogP contribution in [-0.4, -0.2) is 24.3 Å². The summed E-state index contributed by atoms with van der Waals surface area (Å²) in [7, 11) is 3.55. The minimum absolute atomic E-state index is 0.0266. The molecule has 16 heavy (non-hydrogen) atoms. The SMILES string of the molecule is CN(C)c1ccc(C(F)(F)F)c2[nH]ncc12. The van der Waals surface area contributed by atoms with E-state index in [2.05, 4.69) is 10.2 Å². The molecule has 0 fully saturated rings. The molecule has 0 bridgehead atoms. The van der Waals surface area contributed by atoms with Crippen LogP contribution in [0.2, 0.25) is 0 Å². The number of alkyl halides is 3. The van der Waals surface area contributed by atoms with Crippen LogP contribution in [0, 0.1) is 0 Å². The molecule has 2 rings (SSSR count). The zero-order valence-corrected chi connectivity index (χ0v) is 8.76. The third-order valence-corrected chi connectivity index (χ3v) is 2.38. The molecule has 0 spiro atoms. The van der Waals surface area contributed by atoms with E-state index in [0.29, 0.717) is 11.1 Å². The van der Waals surface area contributed by atoms with Crippen molar-refractivity contribution < 1.29 is 13.2 Å². The van der Waals surface area contributed by atoms with E-state index in [9.17, 15) is 13.2 Å². The molecule has 1 heterocycles. The van der Waals surface area contributed by atoms with Gasteiger partial charge >= 0.3 is 6.18 Å². The van der Waals surface area contributed by atoms with Crippen LogP contribution in [0.15, 0.2) is 18.3 Å². The molecule has 0 saturated heterocycles. The Bertz CT molecular complexity index is 513. The lowest BCUT2D eigenvalue weighted by Crippen LogP contribution is -2.11. The number of halogens is 3.